The van der Waals surface area contributed by atoms with Gasteiger partial charge in [0.15, 0.2) is 0 Å². The zero-order valence-corrected chi connectivity index (χ0v) is 11.6. The van der Waals surface area contributed by atoms with Gasteiger partial charge in [0.25, 0.3) is 0 Å². The number of ether oxygens (including phenoxy) is 1. The number of hydrogen-bond acceptors (Lipinski definition) is 2. The molecule has 3 heteroatoms. The molecule has 0 amide bonds. The van der Waals surface area contributed by atoms with Crippen LogP contribution in [-0.4, -0.2) is 11.7 Å². The van der Waals surface area contributed by atoms with Gasteiger partial charge in [0.05, 0.1) is 16.7 Å². The smallest absolute Gasteiger partial charge is 0.139 e. The summed E-state index contributed by atoms with van der Waals surface area (Å²) in [6.07, 6.45) is 4.26. The largest absolute Gasteiger partial charge is 0.492 e. The molecule has 1 N–H and O–H groups in total. The van der Waals surface area contributed by atoms with Gasteiger partial charge < -0.3 is 9.84 Å². The highest BCUT2D eigenvalue weighted by Crippen LogP contribution is 2.51. The Morgan fingerprint density at radius 1 is 1.41 bits per heavy atom. The van der Waals surface area contributed by atoms with E-state index in [2.05, 4.69) is 28.1 Å². The Balaban J connectivity index is 1.92. The molecule has 0 saturated heterocycles. The maximum absolute atomic E-state index is 10.3. The molecule has 1 aromatic carbocycles. The van der Waals surface area contributed by atoms with Crippen molar-refractivity contribution in [2.24, 2.45) is 5.92 Å². The molecule has 0 aromatic heterocycles. The summed E-state index contributed by atoms with van der Waals surface area (Å²) in [5.74, 6) is 1.58. The van der Waals surface area contributed by atoms with E-state index in [1.54, 1.807) is 0 Å². The summed E-state index contributed by atoms with van der Waals surface area (Å²) in [6, 6.07) is 4.11. The first-order chi connectivity index (χ1) is 8.08. The van der Waals surface area contributed by atoms with Gasteiger partial charge in [0, 0.05) is 5.56 Å². The van der Waals surface area contributed by atoms with Crippen LogP contribution in [-0.2, 0) is 5.60 Å². The Hall–Kier alpha value is -0.540. The fraction of sp³-hybridized carbons (Fsp3) is 0.571. The molecule has 2 nitrogen and oxygen atoms in total. The predicted molar refractivity (Wildman–Crippen MR) is 70.2 cm³/mol. The van der Waals surface area contributed by atoms with Crippen LogP contribution in [0.4, 0.5) is 0 Å². The van der Waals surface area contributed by atoms with Crippen molar-refractivity contribution in [2.45, 2.75) is 38.2 Å². The van der Waals surface area contributed by atoms with Crippen LogP contribution >= 0.6 is 15.9 Å². The second-order valence-corrected chi connectivity index (χ2v) is 6.26. The van der Waals surface area contributed by atoms with E-state index in [0.29, 0.717) is 0 Å². The molecule has 0 spiro atoms. The molecule has 2 aliphatic rings. The van der Waals surface area contributed by atoms with Gasteiger partial charge in [-0.1, -0.05) is 0 Å². The maximum Gasteiger partial charge on any atom is 0.139 e. The first-order valence-corrected chi connectivity index (χ1v) is 7.03. The third-order valence-electron chi connectivity index (χ3n) is 3.57. The molecule has 0 radical (unpaired) electrons. The fourth-order valence-corrected chi connectivity index (χ4v) is 2.78. The molecule has 0 bridgehead atoms. The number of halogens is 1. The van der Waals surface area contributed by atoms with Gasteiger partial charge in [-0.15, -0.1) is 0 Å². The minimum Gasteiger partial charge on any atom is -0.492 e. The van der Waals surface area contributed by atoms with Crippen LogP contribution in [0, 0.1) is 12.8 Å². The summed E-state index contributed by atoms with van der Waals surface area (Å²) in [5.41, 5.74) is 1.49. The quantitative estimate of drug-likeness (QED) is 0.921. The number of rotatable bonds is 4. The van der Waals surface area contributed by atoms with Crippen LogP contribution in [0.2, 0.25) is 0 Å². The average molecular weight is 297 g/mol. The van der Waals surface area contributed by atoms with Crippen molar-refractivity contribution < 1.29 is 9.84 Å². The second-order valence-electron chi connectivity index (χ2n) is 5.41. The molecular weight excluding hydrogens is 280 g/mol. The van der Waals surface area contributed by atoms with Crippen molar-refractivity contribution in [3.05, 3.63) is 27.7 Å². The Bertz CT molecular complexity index is 448. The van der Waals surface area contributed by atoms with Gasteiger partial charge in [-0.3, -0.25) is 0 Å². The van der Waals surface area contributed by atoms with Crippen molar-refractivity contribution in [1.82, 2.24) is 0 Å². The Morgan fingerprint density at radius 3 is 2.71 bits per heavy atom. The van der Waals surface area contributed by atoms with E-state index >= 15 is 0 Å². The first kappa shape index (κ1) is 11.5. The van der Waals surface area contributed by atoms with Crippen LogP contribution in [0.25, 0.3) is 0 Å². The van der Waals surface area contributed by atoms with E-state index < -0.39 is 5.60 Å². The van der Waals surface area contributed by atoms with E-state index in [1.807, 2.05) is 6.92 Å². The highest BCUT2D eigenvalue weighted by Gasteiger charge is 2.45. The maximum atomic E-state index is 10.3. The normalized spacial score (nSPS) is 21.4. The van der Waals surface area contributed by atoms with Gasteiger partial charge in [0.1, 0.15) is 5.75 Å². The Labute approximate surface area is 110 Å². The van der Waals surface area contributed by atoms with Gasteiger partial charge in [-0.25, -0.2) is 0 Å². The van der Waals surface area contributed by atoms with Crippen LogP contribution in [0.5, 0.6) is 5.75 Å². The SMILES string of the molecule is Cc1cc(Br)c(OCC2CC2)c(C2(O)CC2)c1. The number of benzene rings is 1. The number of aliphatic hydroxyl groups is 1. The summed E-state index contributed by atoms with van der Waals surface area (Å²) in [6.45, 7) is 2.83. The van der Waals surface area contributed by atoms with Crippen molar-refractivity contribution in [3.8, 4) is 5.75 Å². The lowest BCUT2D eigenvalue weighted by Crippen LogP contribution is -2.10. The Morgan fingerprint density at radius 2 is 2.12 bits per heavy atom. The third kappa shape index (κ3) is 2.36. The summed E-state index contributed by atoms with van der Waals surface area (Å²) in [7, 11) is 0. The van der Waals surface area contributed by atoms with Gasteiger partial charge in [-0.05, 0) is 72.2 Å². The standard InChI is InChI=1S/C14H17BrO2/c1-9-6-11(14(16)4-5-14)13(12(15)7-9)17-8-10-2-3-10/h6-7,10,16H,2-5,8H2,1H3. The van der Waals surface area contributed by atoms with E-state index in [4.69, 9.17) is 4.74 Å². The van der Waals surface area contributed by atoms with E-state index in [1.165, 1.54) is 12.8 Å². The molecule has 3 rings (SSSR count). The lowest BCUT2D eigenvalue weighted by atomic mass is 10.0. The zero-order chi connectivity index (χ0) is 12.0. The van der Waals surface area contributed by atoms with Crippen molar-refractivity contribution in [2.75, 3.05) is 6.61 Å². The van der Waals surface area contributed by atoms with E-state index in [0.717, 1.165) is 46.7 Å². The molecule has 1 aromatic rings. The van der Waals surface area contributed by atoms with Crippen LogP contribution in [0.1, 0.15) is 36.8 Å². The number of hydrogen-bond donors (Lipinski definition) is 1. The average Bonchev–Trinajstić information content (AvgIpc) is 3.13. The van der Waals surface area contributed by atoms with Gasteiger partial charge in [-0.2, -0.15) is 0 Å². The molecule has 0 aliphatic heterocycles. The molecule has 0 atom stereocenters. The molecule has 2 fully saturated rings. The fourth-order valence-electron chi connectivity index (χ4n) is 2.09. The first-order valence-electron chi connectivity index (χ1n) is 6.24. The highest BCUT2D eigenvalue weighted by atomic mass is 79.9. The molecule has 0 heterocycles. The molecule has 17 heavy (non-hydrogen) atoms. The minimum absolute atomic E-state index is 0.632. The molecular formula is C14H17BrO2. The van der Waals surface area contributed by atoms with Crippen molar-refractivity contribution >= 4 is 15.9 Å². The monoisotopic (exact) mass is 296 g/mol. The predicted octanol–water partition coefficient (Wildman–Crippen LogP) is 3.53. The molecule has 0 unspecified atom stereocenters. The zero-order valence-electron chi connectivity index (χ0n) is 10.0. The molecule has 2 aliphatic carbocycles. The van der Waals surface area contributed by atoms with Gasteiger partial charge in [0.2, 0.25) is 0 Å². The van der Waals surface area contributed by atoms with Crippen LogP contribution in [0.3, 0.4) is 0 Å². The van der Waals surface area contributed by atoms with Crippen molar-refractivity contribution in [3.63, 3.8) is 0 Å². The molecule has 2 saturated carbocycles. The minimum atomic E-state index is -0.632. The Kier molecular flexibility index (Phi) is 2.71. The lowest BCUT2D eigenvalue weighted by Gasteiger charge is -2.17. The van der Waals surface area contributed by atoms with Gasteiger partial charge >= 0.3 is 0 Å². The number of aryl methyl sites for hydroxylation is 1. The topological polar surface area (TPSA) is 29.5 Å². The van der Waals surface area contributed by atoms with E-state index in [9.17, 15) is 5.11 Å². The highest BCUT2D eigenvalue weighted by molar-refractivity contribution is 9.10. The summed E-state index contributed by atoms with van der Waals surface area (Å²) in [5, 5.41) is 10.3. The molecule has 92 valence electrons. The van der Waals surface area contributed by atoms with Crippen LogP contribution in [0.15, 0.2) is 16.6 Å². The lowest BCUT2D eigenvalue weighted by molar-refractivity contribution is 0.144. The van der Waals surface area contributed by atoms with E-state index in [-0.39, 0.29) is 0 Å². The summed E-state index contributed by atoms with van der Waals surface area (Å²) in [4.78, 5) is 0. The summed E-state index contributed by atoms with van der Waals surface area (Å²) >= 11 is 3.55. The van der Waals surface area contributed by atoms with Crippen molar-refractivity contribution in [1.29, 1.82) is 0 Å². The summed E-state index contributed by atoms with van der Waals surface area (Å²) < 4.78 is 6.87. The third-order valence-corrected chi connectivity index (χ3v) is 4.16. The second kappa shape index (κ2) is 3.99. The van der Waals surface area contributed by atoms with Crippen LogP contribution < -0.4 is 4.74 Å².